The van der Waals surface area contributed by atoms with Gasteiger partial charge in [0.1, 0.15) is 5.02 Å². The molecule has 1 rings (SSSR count). The van der Waals surface area contributed by atoms with E-state index in [0.29, 0.717) is 12.2 Å². The maximum absolute atomic E-state index is 11.1. The third-order valence-electron chi connectivity index (χ3n) is 1.74. The molecule has 0 fully saturated rings. The first-order valence-electron chi connectivity index (χ1n) is 4.25. The molecule has 1 heterocycles. The molecule has 0 amide bonds. The van der Waals surface area contributed by atoms with Gasteiger partial charge in [-0.05, 0) is 13.3 Å². The van der Waals surface area contributed by atoms with Gasteiger partial charge in [0.2, 0.25) is 0 Å². The van der Waals surface area contributed by atoms with Gasteiger partial charge in [-0.1, -0.05) is 11.6 Å². The van der Waals surface area contributed by atoms with Crippen LogP contribution in [0.1, 0.15) is 13.3 Å². The molecular formula is C8H12ClN3O2. The molecule has 3 N–H and O–H groups in total. The van der Waals surface area contributed by atoms with E-state index in [9.17, 15) is 4.79 Å². The minimum absolute atomic E-state index is 0.0202. The minimum Gasteiger partial charge on any atom is -0.396 e. The largest absolute Gasteiger partial charge is 0.396 e. The molecular weight excluding hydrogens is 206 g/mol. The van der Waals surface area contributed by atoms with Gasteiger partial charge in [0, 0.05) is 12.6 Å². The van der Waals surface area contributed by atoms with E-state index in [0.717, 1.165) is 0 Å². The fraction of sp³-hybridized carbons (Fsp3) is 0.500. The number of nitrogens with zero attached hydrogens (tertiary/aromatic N) is 1. The lowest BCUT2D eigenvalue weighted by Crippen LogP contribution is -2.20. The van der Waals surface area contributed by atoms with E-state index < -0.39 is 0 Å². The Bertz CT molecular complexity index is 353. The van der Waals surface area contributed by atoms with E-state index in [1.807, 2.05) is 6.92 Å². The molecule has 0 aromatic carbocycles. The molecule has 5 nitrogen and oxygen atoms in total. The molecule has 1 aromatic rings. The van der Waals surface area contributed by atoms with Gasteiger partial charge in [-0.15, -0.1) is 0 Å². The fourth-order valence-electron chi connectivity index (χ4n) is 0.983. The van der Waals surface area contributed by atoms with Gasteiger partial charge in [0.15, 0.2) is 5.82 Å². The molecule has 0 aliphatic carbocycles. The van der Waals surface area contributed by atoms with Crippen LogP contribution in [0.4, 0.5) is 5.82 Å². The number of hydrogen-bond acceptors (Lipinski definition) is 4. The van der Waals surface area contributed by atoms with Gasteiger partial charge in [-0.3, -0.25) is 4.79 Å². The number of anilines is 1. The Labute approximate surface area is 86.1 Å². The summed E-state index contributed by atoms with van der Waals surface area (Å²) in [5.74, 6) is 0.344. The summed E-state index contributed by atoms with van der Waals surface area (Å²) in [5, 5.41) is 11.6. The first kappa shape index (κ1) is 11.0. The summed E-state index contributed by atoms with van der Waals surface area (Å²) in [4.78, 5) is 17.3. The molecule has 6 heteroatoms. The van der Waals surface area contributed by atoms with Gasteiger partial charge in [-0.25, -0.2) is 4.98 Å². The van der Waals surface area contributed by atoms with Crippen molar-refractivity contribution in [2.24, 2.45) is 0 Å². The lowest BCUT2D eigenvalue weighted by molar-refractivity contribution is 0.282. The maximum atomic E-state index is 11.1. The van der Waals surface area contributed by atoms with Gasteiger partial charge in [0.25, 0.3) is 5.56 Å². The van der Waals surface area contributed by atoms with Crippen molar-refractivity contribution in [3.63, 3.8) is 0 Å². The highest BCUT2D eigenvalue weighted by atomic mass is 35.5. The van der Waals surface area contributed by atoms with E-state index in [4.69, 9.17) is 16.7 Å². The van der Waals surface area contributed by atoms with Crippen LogP contribution in [0, 0.1) is 0 Å². The van der Waals surface area contributed by atoms with Crippen molar-refractivity contribution in [2.45, 2.75) is 19.4 Å². The van der Waals surface area contributed by atoms with Crippen molar-refractivity contribution in [3.8, 4) is 0 Å². The first-order valence-corrected chi connectivity index (χ1v) is 4.63. The zero-order valence-electron chi connectivity index (χ0n) is 7.75. The Morgan fingerprint density at radius 2 is 2.50 bits per heavy atom. The van der Waals surface area contributed by atoms with E-state index in [-0.39, 0.29) is 23.2 Å². The molecule has 1 aromatic heterocycles. The van der Waals surface area contributed by atoms with Crippen molar-refractivity contribution >= 4 is 17.4 Å². The Balaban J connectivity index is 2.76. The summed E-state index contributed by atoms with van der Waals surface area (Å²) in [6.45, 7) is 1.95. The van der Waals surface area contributed by atoms with Crippen LogP contribution in [-0.2, 0) is 0 Å². The van der Waals surface area contributed by atoms with Crippen LogP contribution >= 0.6 is 11.6 Å². The van der Waals surface area contributed by atoms with E-state index >= 15 is 0 Å². The zero-order chi connectivity index (χ0) is 10.6. The van der Waals surface area contributed by atoms with E-state index in [1.165, 1.54) is 6.33 Å². The van der Waals surface area contributed by atoms with Gasteiger partial charge in [0.05, 0.1) is 6.33 Å². The number of H-pyrrole nitrogens is 1. The highest BCUT2D eigenvalue weighted by Gasteiger charge is 2.08. The van der Waals surface area contributed by atoms with Gasteiger partial charge >= 0.3 is 0 Å². The van der Waals surface area contributed by atoms with Crippen LogP contribution in [-0.4, -0.2) is 27.7 Å². The van der Waals surface area contributed by atoms with E-state index in [1.54, 1.807) is 0 Å². The standard InChI is InChI=1S/C8H12ClN3O2/c1-5(2-3-13)12-7-6(9)8(14)11-4-10-7/h4-5,13H,2-3H2,1H3,(H2,10,11,12,14). The number of nitrogens with one attached hydrogen (secondary N) is 2. The second-order valence-electron chi connectivity index (χ2n) is 2.95. The second kappa shape index (κ2) is 4.97. The van der Waals surface area contributed by atoms with Crippen molar-refractivity contribution < 1.29 is 5.11 Å². The Morgan fingerprint density at radius 3 is 3.14 bits per heavy atom. The summed E-state index contributed by atoms with van der Waals surface area (Å²) < 4.78 is 0. The molecule has 0 saturated carbocycles. The number of rotatable bonds is 4. The Kier molecular flexibility index (Phi) is 3.91. The molecule has 0 radical (unpaired) electrons. The Hall–Kier alpha value is -1.07. The molecule has 0 bridgehead atoms. The third kappa shape index (κ3) is 2.71. The number of aromatic amines is 1. The van der Waals surface area contributed by atoms with Crippen LogP contribution < -0.4 is 10.9 Å². The average Bonchev–Trinajstić information content (AvgIpc) is 2.13. The summed E-state index contributed by atoms with van der Waals surface area (Å²) in [5.41, 5.74) is -0.375. The fourth-order valence-corrected chi connectivity index (χ4v) is 1.14. The molecule has 14 heavy (non-hydrogen) atoms. The second-order valence-corrected chi connectivity index (χ2v) is 3.33. The minimum atomic E-state index is -0.375. The lowest BCUT2D eigenvalue weighted by Gasteiger charge is -2.13. The predicted molar refractivity (Wildman–Crippen MR) is 54.7 cm³/mol. The summed E-state index contributed by atoms with van der Waals surface area (Å²) in [7, 11) is 0. The molecule has 1 atom stereocenters. The number of hydrogen-bond donors (Lipinski definition) is 3. The number of aliphatic hydroxyl groups excluding tert-OH is 1. The van der Waals surface area contributed by atoms with Crippen LogP contribution in [0.2, 0.25) is 5.02 Å². The number of aliphatic hydroxyl groups is 1. The molecule has 0 spiro atoms. The van der Waals surface area contributed by atoms with Gasteiger partial charge < -0.3 is 15.4 Å². The van der Waals surface area contributed by atoms with Crippen molar-refractivity contribution in [3.05, 3.63) is 21.7 Å². The lowest BCUT2D eigenvalue weighted by atomic mass is 10.2. The predicted octanol–water partition coefficient (Wildman–Crippen LogP) is 0.606. The molecule has 78 valence electrons. The summed E-state index contributed by atoms with van der Waals surface area (Å²) >= 11 is 5.71. The van der Waals surface area contributed by atoms with Gasteiger partial charge in [-0.2, -0.15) is 0 Å². The highest BCUT2D eigenvalue weighted by molar-refractivity contribution is 6.32. The zero-order valence-corrected chi connectivity index (χ0v) is 8.51. The molecule has 0 saturated heterocycles. The molecule has 0 aliphatic heterocycles. The van der Waals surface area contributed by atoms with Crippen LogP contribution in [0.15, 0.2) is 11.1 Å². The van der Waals surface area contributed by atoms with Crippen LogP contribution in [0.25, 0.3) is 0 Å². The quantitative estimate of drug-likeness (QED) is 0.691. The van der Waals surface area contributed by atoms with Crippen LogP contribution in [0.3, 0.4) is 0 Å². The smallest absolute Gasteiger partial charge is 0.271 e. The van der Waals surface area contributed by atoms with E-state index in [2.05, 4.69) is 15.3 Å². The molecule has 0 aliphatic rings. The highest BCUT2D eigenvalue weighted by Crippen LogP contribution is 2.13. The van der Waals surface area contributed by atoms with Crippen molar-refractivity contribution in [1.82, 2.24) is 9.97 Å². The SMILES string of the molecule is CC(CCO)Nc1nc[nH]c(=O)c1Cl. The molecule has 1 unspecified atom stereocenters. The van der Waals surface area contributed by atoms with Crippen molar-refractivity contribution in [2.75, 3.05) is 11.9 Å². The number of aromatic nitrogens is 2. The summed E-state index contributed by atoms with van der Waals surface area (Å²) in [6.07, 6.45) is 1.85. The average molecular weight is 218 g/mol. The third-order valence-corrected chi connectivity index (χ3v) is 2.09. The topological polar surface area (TPSA) is 78.0 Å². The maximum Gasteiger partial charge on any atom is 0.271 e. The van der Waals surface area contributed by atoms with Crippen LogP contribution in [0.5, 0.6) is 0 Å². The normalized spacial score (nSPS) is 12.5. The monoisotopic (exact) mass is 217 g/mol. The van der Waals surface area contributed by atoms with Crippen molar-refractivity contribution in [1.29, 1.82) is 0 Å². The first-order chi connectivity index (χ1) is 6.65. The Morgan fingerprint density at radius 1 is 1.79 bits per heavy atom. The number of halogens is 1. The summed E-state index contributed by atoms with van der Waals surface area (Å²) in [6, 6.07) is 0.0202.